The highest BCUT2D eigenvalue weighted by Crippen LogP contribution is 2.21. The van der Waals surface area contributed by atoms with E-state index in [-0.39, 0.29) is 5.91 Å². The molecular weight excluding hydrogens is 254 g/mol. The Labute approximate surface area is 115 Å². The van der Waals surface area contributed by atoms with Crippen LogP contribution in [0, 0.1) is 0 Å². The highest BCUT2D eigenvalue weighted by molar-refractivity contribution is 6.02. The van der Waals surface area contributed by atoms with Crippen LogP contribution in [-0.4, -0.2) is 16.0 Å². The summed E-state index contributed by atoms with van der Waals surface area (Å²) in [6, 6.07) is 16.4. The minimum atomic E-state index is -0.332. The molecule has 2 aromatic heterocycles. The van der Waals surface area contributed by atoms with Crippen molar-refractivity contribution in [3.8, 4) is 11.3 Å². The largest absolute Gasteiger partial charge is 0.338 e. The van der Waals surface area contributed by atoms with Crippen molar-refractivity contribution < 1.29 is 9.32 Å². The fraction of sp³-hybridized carbons (Fsp3) is 0. The Balaban J connectivity index is 1.77. The average Bonchev–Trinajstić information content (AvgIpc) is 2.97. The average molecular weight is 265 g/mol. The van der Waals surface area contributed by atoms with Gasteiger partial charge < -0.3 is 4.52 Å². The fourth-order valence-corrected chi connectivity index (χ4v) is 1.75. The number of carbonyl (C=O) groups excluding carboxylic acids is 1. The maximum absolute atomic E-state index is 11.9. The van der Waals surface area contributed by atoms with Gasteiger partial charge in [0, 0.05) is 17.8 Å². The van der Waals surface area contributed by atoms with Crippen LogP contribution in [0.5, 0.6) is 0 Å². The van der Waals surface area contributed by atoms with Gasteiger partial charge in [-0.1, -0.05) is 41.6 Å². The summed E-state index contributed by atoms with van der Waals surface area (Å²) in [6.07, 6.45) is 1.56. The third-order valence-electron chi connectivity index (χ3n) is 2.71. The molecule has 98 valence electrons. The van der Waals surface area contributed by atoms with Crippen molar-refractivity contribution in [1.29, 1.82) is 0 Å². The SMILES string of the molecule is O=C(Nc1cc(-c2ccccc2)no1)c1ccccn1. The molecule has 1 amide bonds. The summed E-state index contributed by atoms with van der Waals surface area (Å²) in [4.78, 5) is 15.9. The van der Waals surface area contributed by atoms with Crippen molar-refractivity contribution >= 4 is 11.8 Å². The van der Waals surface area contributed by atoms with Crippen LogP contribution in [0.3, 0.4) is 0 Å². The maximum atomic E-state index is 11.9. The molecule has 2 heterocycles. The molecule has 0 fully saturated rings. The number of hydrogen-bond donors (Lipinski definition) is 1. The minimum Gasteiger partial charge on any atom is -0.338 e. The lowest BCUT2D eigenvalue weighted by atomic mass is 10.1. The van der Waals surface area contributed by atoms with E-state index >= 15 is 0 Å². The summed E-state index contributed by atoms with van der Waals surface area (Å²) in [5.41, 5.74) is 1.92. The molecule has 0 aliphatic rings. The van der Waals surface area contributed by atoms with Crippen molar-refractivity contribution in [2.24, 2.45) is 0 Å². The molecule has 1 aromatic carbocycles. The Hall–Kier alpha value is -2.95. The Morgan fingerprint density at radius 2 is 1.85 bits per heavy atom. The van der Waals surface area contributed by atoms with Gasteiger partial charge in [0.05, 0.1) is 0 Å². The predicted octanol–water partition coefficient (Wildman–Crippen LogP) is 2.99. The molecule has 3 aromatic rings. The van der Waals surface area contributed by atoms with Crippen molar-refractivity contribution in [3.63, 3.8) is 0 Å². The summed E-state index contributed by atoms with van der Waals surface area (Å²) < 4.78 is 5.10. The van der Waals surface area contributed by atoms with Crippen LogP contribution in [0.1, 0.15) is 10.5 Å². The lowest BCUT2D eigenvalue weighted by molar-refractivity contribution is 0.101. The normalized spacial score (nSPS) is 10.2. The number of anilines is 1. The minimum absolute atomic E-state index is 0.291. The zero-order valence-electron chi connectivity index (χ0n) is 10.5. The van der Waals surface area contributed by atoms with Gasteiger partial charge in [-0.25, -0.2) is 0 Å². The van der Waals surface area contributed by atoms with E-state index in [0.29, 0.717) is 17.3 Å². The standard InChI is InChI=1S/C15H11N3O2/c19-15(12-8-4-5-9-16-12)17-14-10-13(18-20-14)11-6-2-1-3-7-11/h1-10H,(H,17,19). The molecule has 0 aliphatic carbocycles. The molecule has 5 heteroatoms. The van der Waals surface area contributed by atoms with Crippen LogP contribution < -0.4 is 5.32 Å². The van der Waals surface area contributed by atoms with Crippen LogP contribution in [0.2, 0.25) is 0 Å². The molecule has 3 rings (SSSR count). The quantitative estimate of drug-likeness (QED) is 0.790. The molecule has 0 radical (unpaired) electrons. The molecule has 0 bridgehead atoms. The second-order valence-corrected chi connectivity index (χ2v) is 4.11. The molecule has 20 heavy (non-hydrogen) atoms. The van der Waals surface area contributed by atoms with E-state index in [1.165, 1.54) is 0 Å². The van der Waals surface area contributed by atoms with Gasteiger partial charge in [0.1, 0.15) is 11.4 Å². The second-order valence-electron chi connectivity index (χ2n) is 4.11. The Bertz CT molecular complexity index is 708. The third-order valence-corrected chi connectivity index (χ3v) is 2.71. The fourth-order valence-electron chi connectivity index (χ4n) is 1.75. The van der Waals surface area contributed by atoms with E-state index in [4.69, 9.17) is 4.52 Å². The lowest BCUT2D eigenvalue weighted by Crippen LogP contribution is -2.12. The van der Waals surface area contributed by atoms with Gasteiger partial charge in [-0.05, 0) is 12.1 Å². The van der Waals surface area contributed by atoms with E-state index < -0.39 is 0 Å². The number of hydrogen-bond acceptors (Lipinski definition) is 4. The number of amides is 1. The molecule has 0 aliphatic heterocycles. The summed E-state index contributed by atoms with van der Waals surface area (Å²) >= 11 is 0. The topological polar surface area (TPSA) is 68.0 Å². The van der Waals surface area contributed by atoms with Gasteiger partial charge >= 0.3 is 0 Å². The Kier molecular flexibility index (Phi) is 3.24. The van der Waals surface area contributed by atoms with E-state index in [0.717, 1.165) is 5.56 Å². The molecule has 0 atom stereocenters. The van der Waals surface area contributed by atoms with Gasteiger partial charge in [-0.15, -0.1) is 0 Å². The number of pyridine rings is 1. The van der Waals surface area contributed by atoms with E-state index in [1.807, 2.05) is 30.3 Å². The van der Waals surface area contributed by atoms with Crippen LogP contribution in [0.25, 0.3) is 11.3 Å². The Morgan fingerprint density at radius 3 is 2.60 bits per heavy atom. The molecular formula is C15H11N3O2. The summed E-state index contributed by atoms with van der Waals surface area (Å²) in [5, 5.41) is 6.54. The third kappa shape index (κ3) is 2.56. The van der Waals surface area contributed by atoms with Gasteiger partial charge in [0.25, 0.3) is 5.91 Å². The molecule has 0 saturated heterocycles. The van der Waals surface area contributed by atoms with Gasteiger partial charge in [0.15, 0.2) is 0 Å². The van der Waals surface area contributed by atoms with Crippen LogP contribution >= 0.6 is 0 Å². The zero-order chi connectivity index (χ0) is 13.8. The molecule has 0 spiro atoms. The summed E-state index contributed by atoms with van der Waals surface area (Å²) in [7, 11) is 0. The number of nitrogens with zero attached hydrogens (tertiary/aromatic N) is 2. The first-order valence-electron chi connectivity index (χ1n) is 6.07. The number of benzene rings is 1. The second kappa shape index (κ2) is 5.36. The van der Waals surface area contributed by atoms with Crippen molar-refractivity contribution in [2.75, 3.05) is 5.32 Å². The molecule has 0 saturated carbocycles. The monoisotopic (exact) mass is 265 g/mol. The van der Waals surface area contributed by atoms with Crippen LogP contribution in [-0.2, 0) is 0 Å². The number of aromatic nitrogens is 2. The number of nitrogens with one attached hydrogen (secondary N) is 1. The molecule has 0 unspecified atom stereocenters. The molecule has 5 nitrogen and oxygen atoms in total. The maximum Gasteiger partial charge on any atom is 0.276 e. The van der Waals surface area contributed by atoms with Crippen molar-refractivity contribution in [3.05, 3.63) is 66.5 Å². The first-order valence-corrected chi connectivity index (χ1v) is 6.07. The summed E-state index contributed by atoms with van der Waals surface area (Å²) in [5.74, 6) is -0.0409. The van der Waals surface area contributed by atoms with E-state index in [1.54, 1.807) is 30.5 Å². The van der Waals surface area contributed by atoms with Crippen LogP contribution in [0.4, 0.5) is 5.88 Å². The Morgan fingerprint density at radius 1 is 1.05 bits per heavy atom. The summed E-state index contributed by atoms with van der Waals surface area (Å²) in [6.45, 7) is 0. The highest BCUT2D eigenvalue weighted by atomic mass is 16.5. The van der Waals surface area contributed by atoms with Gasteiger partial charge in [-0.2, -0.15) is 0 Å². The van der Waals surface area contributed by atoms with Crippen LogP contribution in [0.15, 0.2) is 65.3 Å². The zero-order valence-corrected chi connectivity index (χ0v) is 10.5. The lowest BCUT2D eigenvalue weighted by Gasteiger charge is -1.98. The number of carbonyl (C=O) groups is 1. The molecule has 1 N–H and O–H groups in total. The predicted molar refractivity (Wildman–Crippen MR) is 74.1 cm³/mol. The van der Waals surface area contributed by atoms with Crippen molar-refractivity contribution in [1.82, 2.24) is 10.1 Å². The number of rotatable bonds is 3. The first kappa shape index (κ1) is 12.1. The van der Waals surface area contributed by atoms with E-state index in [9.17, 15) is 4.79 Å². The highest BCUT2D eigenvalue weighted by Gasteiger charge is 2.11. The smallest absolute Gasteiger partial charge is 0.276 e. The van der Waals surface area contributed by atoms with Gasteiger partial charge in [0.2, 0.25) is 5.88 Å². The first-order chi connectivity index (χ1) is 9.83. The van der Waals surface area contributed by atoms with Crippen molar-refractivity contribution in [2.45, 2.75) is 0 Å². The van der Waals surface area contributed by atoms with Gasteiger partial charge in [-0.3, -0.25) is 15.1 Å². The van der Waals surface area contributed by atoms with E-state index in [2.05, 4.69) is 15.5 Å².